The lowest BCUT2D eigenvalue weighted by molar-refractivity contribution is 0.275. The largest absolute Gasteiger partial charge is 0.330 e. The van der Waals surface area contributed by atoms with Gasteiger partial charge in [-0.05, 0) is 44.1 Å². The molecule has 1 heterocycles. The molecular weight excluding hydrogens is 250 g/mol. The normalized spacial score (nSPS) is 30.6. The van der Waals surface area contributed by atoms with Crippen molar-refractivity contribution in [1.82, 2.24) is 9.03 Å². The van der Waals surface area contributed by atoms with Crippen molar-refractivity contribution in [1.29, 1.82) is 0 Å². The number of rotatable bonds is 6. The van der Waals surface area contributed by atoms with Crippen molar-refractivity contribution in [2.45, 2.75) is 45.1 Å². The van der Waals surface area contributed by atoms with Gasteiger partial charge in [0, 0.05) is 19.1 Å². The fourth-order valence-corrected chi connectivity index (χ4v) is 4.24. The quantitative estimate of drug-likeness (QED) is 0.748. The highest BCUT2D eigenvalue weighted by Crippen LogP contribution is 2.35. The van der Waals surface area contributed by atoms with E-state index in [1.54, 1.807) is 4.31 Å². The van der Waals surface area contributed by atoms with Crippen LogP contribution in [0.2, 0.25) is 0 Å². The van der Waals surface area contributed by atoms with Gasteiger partial charge in [0.15, 0.2) is 0 Å². The Morgan fingerprint density at radius 1 is 1.33 bits per heavy atom. The first-order chi connectivity index (χ1) is 8.56. The van der Waals surface area contributed by atoms with Crippen LogP contribution >= 0.6 is 0 Å². The van der Waals surface area contributed by atoms with Crippen LogP contribution in [0.5, 0.6) is 0 Å². The van der Waals surface area contributed by atoms with Gasteiger partial charge in [0.2, 0.25) is 0 Å². The SMILES string of the molecule is CCCC1CC1NS(=O)(=O)N1CCC(CN)CC1. The first-order valence-electron chi connectivity index (χ1n) is 7.04. The summed E-state index contributed by atoms with van der Waals surface area (Å²) in [5.74, 6) is 1.05. The lowest BCUT2D eigenvalue weighted by Gasteiger charge is -2.30. The van der Waals surface area contributed by atoms with Gasteiger partial charge in [-0.25, -0.2) is 0 Å². The van der Waals surface area contributed by atoms with Crippen molar-refractivity contribution < 1.29 is 8.42 Å². The van der Waals surface area contributed by atoms with E-state index in [1.165, 1.54) is 0 Å². The Kier molecular flexibility index (Phi) is 4.64. The molecule has 6 heteroatoms. The van der Waals surface area contributed by atoms with E-state index in [1.807, 2.05) is 0 Å². The second-order valence-corrected chi connectivity index (χ2v) is 7.29. The van der Waals surface area contributed by atoms with Crippen LogP contribution in [0.25, 0.3) is 0 Å². The Balaban J connectivity index is 1.81. The molecule has 2 aliphatic rings. The van der Waals surface area contributed by atoms with Crippen molar-refractivity contribution in [3.8, 4) is 0 Å². The lowest BCUT2D eigenvalue weighted by atomic mass is 9.99. The smallest absolute Gasteiger partial charge is 0.279 e. The summed E-state index contributed by atoms with van der Waals surface area (Å²) in [6, 6.07) is 0.183. The van der Waals surface area contributed by atoms with Crippen molar-refractivity contribution in [2.75, 3.05) is 19.6 Å². The lowest BCUT2D eigenvalue weighted by Crippen LogP contribution is -2.46. The second-order valence-electron chi connectivity index (χ2n) is 5.59. The molecule has 1 saturated heterocycles. The first kappa shape index (κ1) is 14.2. The van der Waals surface area contributed by atoms with Crippen molar-refractivity contribution in [3.63, 3.8) is 0 Å². The number of hydrogen-bond acceptors (Lipinski definition) is 3. The molecule has 0 radical (unpaired) electrons. The summed E-state index contributed by atoms with van der Waals surface area (Å²) in [6.07, 6.45) is 5.04. The van der Waals surface area contributed by atoms with E-state index in [0.717, 1.165) is 32.1 Å². The maximum Gasteiger partial charge on any atom is 0.279 e. The zero-order valence-electron chi connectivity index (χ0n) is 11.1. The molecule has 0 aromatic carbocycles. The maximum absolute atomic E-state index is 12.2. The zero-order valence-corrected chi connectivity index (χ0v) is 12.0. The summed E-state index contributed by atoms with van der Waals surface area (Å²) < 4.78 is 28.7. The fraction of sp³-hybridized carbons (Fsp3) is 1.00. The van der Waals surface area contributed by atoms with Gasteiger partial charge in [-0.2, -0.15) is 17.4 Å². The van der Waals surface area contributed by atoms with Crippen LogP contribution in [-0.2, 0) is 10.2 Å². The Hall–Kier alpha value is -0.170. The van der Waals surface area contributed by atoms with E-state index in [-0.39, 0.29) is 6.04 Å². The highest BCUT2D eigenvalue weighted by Gasteiger charge is 2.40. The maximum atomic E-state index is 12.2. The first-order valence-corrected chi connectivity index (χ1v) is 8.48. The monoisotopic (exact) mass is 275 g/mol. The molecule has 0 aromatic heterocycles. The Morgan fingerprint density at radius 3 is 2.56 bits per heavy atom. The average Bonchev–Trinajstić information content (AvgIpc) is 3.07. The molecule has 2 rings (SSSR count). The summed E-state index contributed by atoms with van der Waals surface area (Å²) in [7, 11) is -3.26. The highest BCUT2D eigenvalue weighted by molar-refractivity contribution is 7.87. The molecule has 2 unspecified atom stereocenters. The predicted octanol–water partition coefficient (Wildman–Crippen LogP) is 0.680. The van der Waals surface area contributed by atoms with Crippen LogP contribution in [0.15, 0.2) is 0 Å². The minimum Gasteiger partial charge on any atom is -0.330 e. The summed E-state index contributed by atoms with van der Waals surface area (Å²) in [5, 5.41) is 0. The third-order valence-electron chi connectivity index (χ3n) is 4.13. The molecule has 0 aromatic rings. The molecule has 3 N–H and O–H groups in total. The number of nitrogens with zero attached hydrogens (tertiary/aromatic N) is 1. The van der Waals surface area contributed by atoms with E-state index in [2.05, 4.69) is 11.6 Å². The van der Waals surface area contributed by atoms with Crippen LogP contribution in [0.4, 0.5) is 0 Å². The van der Waals surface area contributed by atoms with Gasteiger partial charge in [0.25, 0.3) is 10.2 Å². The van der Waals surface area contributed by atoms with E-state index >= 15 is 0 Å². The Bertz CT molecular complexity index is 364. The third kappa shape index (κ3) is 3.44. The van der Waals surface area contributed by atoms with Gasteiger partial charge in [0.05, 0.1) is 0 Å². The van der Waals surface area contributed by atoms with Gasteiger partial charge in [0.1, 0.15) is 0 Å². The molecule has 1 aliphatic heterocycles. The standard InChI is InChI=1S/C12H25N3O2S/c1-2-3-11-8-12(11)14-18(16,17)15-6-4-10(9-13)5-7-15/h10-12,14H,2-9,13H2,1H3. The van der Waals surface area contributed by atoms with Gasteiger partial charge in [-0.1, -0.05) is 13.3 Å². The molecule has 0 spiro atoms. The number of nitrogens with one attached hydrogen (secondary N) is 1. The van der Waals surface area contributed by atoms with Crippen molar-refractivity contribution in [3.05, 3.63) is 0 Å². The van der Waals surface area contributed by atoms with Gasteiger partial charge >= 0.3 is 0 Å². The molecule has 0 amide bonds. The van der Waals surface area contributed by atoms with Crippen LogP contribution in [0.3, 0.4) is 0 Å². The third-order valence-corrected chi connectivity index (χ3v) is 5.77. The Labute approximate surface area is 110 Å². The summed E-state index contributed by atoms with van der Waals surface area (Å²) in [5.41, 5.74) is 5.62. The molecule has 106 valence electrons. The van der Waals surface area contributed by atoms with Gasteiger partial charge < -0.3 is 5.73 Å². The zero-order chi connectivity index (χ0) is 13.2. The second kappa shape index (κ2) is 5.86. The van der Waals surface area contributed by atoms with Crippen LogP contribution in [0.1, 0.15) is 39.0 Å². The van der Waals surface area contributed by atoms with Crippen LogP contribution in [-0.4, -0.2) is 38.4 Å². The van der Waals surface area contributed by atoms with Crippen molar-refractivity contribution >= 4 is 10.2 Å². The number of hydrogen-bond donors (Lipinski definition) is 2. The summed E-state index contributed by atoms with van der Waals surface area (Å²) in [4.78, 5) is 0. The molecule has 1 saturated carbocycles. The van der Waals surface area contributed by atoms with Gasteiger partial charge in [-0.3, -0.25) is 0 Å². The number of piperidine rings is 1. The molecule has 2 atom stereocenters. The van der Waals surface area contributed by atoms with Crippen LogP contribution in [0, 0.1) is 11.8 Å². The molecule has 1 aliphatic carbocycles. The average molecular weight is 275 g/mol. The minimum atomic E-state index is -3.26. The van der Waals surface area contributed by atoms with E-state index < -0.39 is 10.2 Å². The summed E-state index contributed by atoms with van der Waals surface area (Å²) in [6.45, 7) is 4.04. The predicted molar refractivity (Wildman–Crippen MR) is 72.2 cm³/mol. The minimum absolute atomic E-state index is 0.183. The molecule has 18 heavy (non-hydrogen) atoms. The molecular formula is C12H25N3O2S. The highest BCUT2D eigenvalue weighted by atomic mass is 32.2. The number of nitrogens with two attached hydrogens (primary N) is 1. The summed E-state index contributed by atoms with van der Waals surface area (Å²) >= 11 is 0. The van der Waals surface area contributed by atoms with E-state index in [9.17, 15) is 8.42 Å². The van der Waals surface area contributed by atoms with Gasteiger partial charge in [-0.15, -0.1) is 0 Å². The topological polar surface area (TPSA) is 75.4 Å². The van der Waals surface area contributed by atoms with E-state index in [4.69, 9.17) is 5.73 Å². The molecule has 0 bridgehead atoms. The van der Waals surface area contributed by atoms with E-state index in [0.29, 0.717) is 31.5 Å². The van der Waals surface area contributed by atoms with Crippen LogP contribution < -0.4 is 10.5 Å². The Morgan fingerprint density at radius 2 is 2.00 bits per heavy atom. The molecule has 5 nitrogen and oxygen atoms in total. The fourth-order valence-electron chi connectivity index (χ4n) is 2.73. The van der Waals surface area contributed by atoms with Crippen molar-refractivity contribution in [2.24, 2.45) is 17.6 Å². The molecule has 2 fully saturated rings.